The Balaban J connectivity index is 3.00. The Bertz CT molecular complexity index is 459. The van der Waals surface area contributed by atoms with E-state index < -0.39 is 28.8 Å². The maximum absolute atomic E-state index is 12.9. The highest BCUT2D eigenvalue weighted by Crippen LogP contribution is 2.41. The molecule has 1 aliphatic rings. The van der Waals surface area contributed by atoms with E-state index in [2.05, 4.69) is 67.7 Å². The first-order valence-electron chi connectivity index (χ1n) is 9.98. The van der Waals surface area contributed by atoms with E-state index in [9.17, 15) is 9.90 Å². The van der Waals surface area contributed by atoms with Crippen molar-refractivity contribution >= 4 is 22.4 Å². The van der Waals surface area contributed by atoms with Crippen molar-refractivity contribution in [2.75, 3.05) is 0 Å². The summed E-state index contributed by atoms with van der Waals surface area (Å²) in [7, 11) is -4.02. The lowest BCUT2D eigenvalue weighted by molar-refractivity contribution is -0.136. The fraction of sp³-hybridized carbons (Fsp3) is 0.950. The molecule has 26 heavy (non-hydrogen) atoms. The third-order valence-corrected chi connectivity index (χ3v) is 15.9. The van der Waals surface area contributed by atoms with Crippen molar-refractivity contribution < 1.29 is 18.8 Å². The molecule has 0 aromatic carbocycles. The van der Waals surface area contributed by atoms with Gasteiger partial charge in [0.05, 0.1) is 12.2 Å². The number of carbonyl (C=O) groups is 1. The highest BCUT2D eigenvalue weighted by atomic mass is 28.4. The SMILES string of the molecule is C[C@@H]1C(=O)[C@@H](O)[C@H](O[Si](C)(C)C(C)(C)C)CC[C@@H]1O[Si](C)(C)C(C)(C)C. The molecular weight excluding hydrogens is 360 g/mol. The molecule has 4 atom stereocenters. The van der Waals surface area contributed by atoms with Gasteiger partial charge in [0.15, 0.2) is 22.4 Å². The monoisotopic (exact) mass is 402 g/mol. The van der Waals surface area contributed by atoms with Crippen molar-refractivity contribution in [3.05, 3.63) is 0 Å². The first-order valence-corrected chi connectivity index (χ1v) is 15.8. The molecule has 1 saturated carbocycles. The number of aliphatic hydroxyl groups is 1. The normalized spacial score (nSPS) is 29.6. The molecule has 0 amide bonds. The zero-order valence-corrected chi connectivity index (χ0v) is 20.9. The number of ketones is 1. The first kappa shape index (κ1) is 24.0. The van der Waals surface area contributed by atoms with Crippen LogP contribution in [0.15, 0.2) is 0 Å². The van der Waals surface area contributed by atoms with Crippen molar-refractivity contribution in [1.29, 1.82) is 0 Å². The fourth-order valence-electron chi connectivity index (χ4n) is 2.77. The van der Waals surface area contributed by atoms with Gasteiger partial charge in [-0.05, 0) is 49.1 Å². The molecule has 1 aliphatic carbocycles. The highest BCUT2D eigenvalue weighted by Gasteiger charge is 2.47. The van der Waals surface area contributed by atoms with Crippen LogP contribution in [0.3, 0.4) is 0 Å². The largest absolute Gasteiger partial charge is 0.413 e. The number of hydrogen-bond acceptors (Lipinski definition) is 4. The van der Waals surface area contributed by atoms with Crippen LogP contribution in [-0.2, 0) is 13.6 Å². The third-order valence-electron chi connectivity index (χ3n) is 6.89. The summed E-state index contributed by atoms with van der Waals surface area (Å²) in [5.41, 5.74) is 0. The second-order valence-electron chi connectivity index (χ2n) is 11.0. The second kappa shape index (κ2) is 7.78. The molecule has 0 unspecified atom stereocenters. The summed E-state index contributed by atoms with van der Waals surface area (Å²) in [6.07, 6.45) is -0.171. The van der Waals surface area contributed by atoms with Gasteiger partial charge >= 0.3 is 0 Å². The number of aliphatic hydroxyl groups excluding tert-OH is 1. The molecule has 154 valence electrons. The quantitative estimate of drug-likeness (QED) is 0.523. The highest BCUT2D eigenvalue weighted by molar-refractivity contribution is 6.74. The predicted molar refractivity (Wildman–Crippen MR) is 114 cm³/mol. The average molecular weight is 403 g/mol. The summed E-state index contributed by atoms with van der Waals surface area (Å²) in [4.78, 5) is 12.9. The van der Waals surface area contributed by atoms with E-state index in [0.29, 0.717) is 6.42 Å². The Hall–Kier alpha value is -0.0162. The summed E-state index contributed by atoms with van der Waals surface area (Å²) in [5.74, 6) is -0.429. The van der Waals surface area contributed by atoms with Crippen LogP contribution in [-0.4, -0.2) is 45.8 Å². The molecule has 0 spiro atoms. The zero-order valence-electron chi connectivity index (χ0n) is 18.9. The number of Topliss-reactive ketones (excluding diaryl/α,β-unsaturated/α-hetero) is 1. The molecule has 1 N–H and O–H groups in total. The molecule has 4 nitrogen and oxygen atoms in total. The molecular formula is C20H42O4Si2. The lowest BCUT2D eigenvalue weighted by atomic mass is 9.97. The minimum atomic E-state index is -2.05. The van der Waals surface area contributed by atoms with Gasteiger partial charge in [0.2, 0.25) is 0 Å². The Labute approximate surface area is 163 Å². The van der Waals surface area contributed by atoms with Gasteiger partial charge in [-0.25, -0.2) is 0 Å². The van der Waals surface area contributed by atoms with E-state index in [0.717, 1.165) is 6.42 Å². The summed E-state index contributed by atoms with van der Waals surface area (Å²) in [5, 5.41) is 10.8. The number of rotatable bonds is 4. The van der Waals surface area contributed by atoms with Gasteiger partial charge in [0.1, 0.15) is 6.10 Å². The Morgan fingerprint density at radius 2 is 1.19 bits per heavy atom. The molecule has 0 aromatic rings. The summed E-state index contributed by atoms with van der Waals surface area (Å²) in [6, 6.07) is 0. The van der Waals surface area contributed by atoms with E-state index in [1.54, 1.807) is 0 Å². The lowest BCUT2D eigenvalue weighted by Crippen LogP contribution is -2.49. The lowest BCUT2D eigenvalue weighted by Gasteiger charge is -2.40. The maximum Gasteiger partial charge on any atom is 0.192 e. The molecule has 0 aliphatic heterocycles. The van der Waals surface area contributed by atoms with Gasteiger partial charge in [-0.3, -0.25) is 4.79 Å². The third kappa shape index (κ3) is 5.28. The van der Waals surface area contributed by atoms with Gasteiger partial charge in [-0.15, -0.1) is 0 Å². The van der Waals surface area contributed by atoms with Crippen LogP contribution in [0, 0.1) is 5.92 Å². The van der Waals surface area contributed by atoms with Gasteiger partial charge < -0.3 is 14.0 Å². The van der Waals surface area contributed by atoms with Gasteiger partial charge in [0, 0.05) is 5.92 Å². The summed E-state index contributed by atoms with van der Waals surface area (Å²) >= 11 is 0. The molecule has 0 bridgehead atoms. The van der Waals surface area contributed by atoms with Gasteiger partial charge in [-0.2, -0.15) is 0 Å². The summed E-state index contributed by atoms with van der Waals surface area (Å²) in [6.45, 7) is 23.8. The Morgan fingerprint density at radius 1 is 0.846 bits per heavy atom. The van der Waals surface area contributed by atoms with Crippen molar-refractivity contribution in [2.24, 2.45) is 5.92 Å². The topological polar surface area (TPSA) is 55.8 Å². The van der Waals surface area contributed by atoms with Gasteiger partial charge in [-0.1, -0.05) is 48.5 Å². The van der Waals surface area contributed by atoms with E-state index in [1.165, 1.54) is 0 Å². The van der Waals surface area contributed by atoms with E-state index >= 15 is 0 Å². The molecule has 0 heterocycles. The first-order chi connectivity index (χ1) is 11.4. The number of carbonyl (C=O) groups excluding carboxylic acids is 1. The standard InChI is InChI=1S/C20H42O4Si2/c1-14-15(23-25(8,9)19(2,3)4)12-13-16(18(22)17(14)21)24-26(10,11)20(5,6)7/h14-16,18,22H,12-13H2,1-11H3/t14-,15-,16+,18-/m0/s1. The Morgan fingerprint density at radius 3 is 1.58 bits per heavy atom. The van der Waals surface area contributed by atoms with E-state index in [4.69, 9.17) is 8.85 Å². The van der Waals surface area contributed by atoms with Crippen LogP contribution in [0.25, 0.3) is 0 Å². The second-order valence-corrected chi connectivity index (χ2v) is 20.6. The van der Waals surface area contributed by atoms with E-state index in [1.807, 2.05) is 6.92 Å². The van der Waals surface area contributed by atoms with Crippen LogP contribution < -0.4 is 0 Å². The molecule has 0 saturated heterocycles. The van der Waals surface area contributed by atoms with Crippen molar-refractivity contribution in [3.8, 4) is 0 Å². The van der Waals surface area contributed by atoms with Gasteiger partial charge in [0.25, 0.3) is 0 Å². The van der Waals surface area contributed by atoms with Crippen LogP contribution in [0.4, 0.5) is 0 Å². The minimum absolute atomic E-state index is 0.0464. The van der Waals surface area contributed by atoms with Crippen molar-refractivity contribution in [1.82, 2.24) is 0 Å². The van der Waals surface area contributed by atoms with Crippen molar-refractivity contribution in [3.63, 3.8) is 0 Å². The smallest absolute Gasteiger partial charge is 0.192 e. The maximum atomic E-state index is 12.9. The predicted octanol–water partition coefficient (Wildman–Crippen LogP) is 5.13. The fourth-order valence-corrected chi connectivity index (χ4v) is 5.56. The van der Waals surface area contributed by atoms with Crippen LogP contribution >= 0.6 is 0 Å². The molecule has 6 heteroatoms. The molecule has 1 rings (SSSR count). The Kier molecular flexibility index (Phi) is 7.19. The van der Waals surface area contributed by atoms with Crippen LogP contribution in [0.1, 0.15) is 61.3 Å². The average Bonchev–Trinajstić information content (AvgIpc) is 2.52. The van der Waals surface area contributed by atoms with E-state index in [-0.39, 0.29) is 27.9 Å². The number of hydrogen-bond donors (Lipinski definition) is 1. The summed E-state index contributed by atoms with van der Waals surface area (Å²) < 4.78 is 13.0. The van der Waals surface area contributed by atoms with Crippen LogP contribution in [0.5, 0.6) is 0 Å². The minimum Gasteiger partial charge on any atom is -0.413 e. The van der Waals surface area contributed by atoms with Crippen LogP contribution in [0.2, 0.25) is 36.3 Å². The van der Waals surface area contributed by atoms with Crippen molar-refractivity contribution in [2.45, 2.75) is 116 Å². The molecule has 0 aromatic heterocycles. The zero-order chi connectivity index (χ0) is 20.7. The molecule has 1 fully saturated rings. The molecule has 0 radical (unpaired) electrons.